The third-order valence-corrected chi connectivity index (χ3v) is 0.903. The number of aliphatic carboxylic acids is 1. The lowest BCUT2D eigenvalue weighted by atomic mass is 10.3. The van der Waals surface area contributed by atoms with Gasteiger partial charge in [0.25, 0.3) is 0 Å². The van der Waals surface area contributed by atoms with Crippen molar-refractivity contribution in [2.24, 2.45) is 11.5 Å². The topological polar surface area (TPSA) is 98.6 Å². The Balaban J connectivity index is 3.48. The van der Waals surface area contributed by atoms with Crippen LogP contribution in [0.25, 0.3) is 0 Å². The molecule has 0 rings (SSSR count). The van der Waals surface area contributed by atoms with Crippen molar-refractivity contribution in [1.82, 2.24) is 0 Å². The zero-order chi connectivity index (χ0) is 8.69. The maximum absolute atomic E-state index is 10.1. The van der Waals surface area contributed by atoms with Gasteiger partial charge in [0, 0.05) is 6.54 Å². The molecule has 0 aliphatic carbocycles. The summed E-state index contributed by atoms with van der Waals surface area (Å²) in [5, 5.41) is 8.28. The molecule has 0 aliphatic heterocycles. The first-order chi connectivity index (χ1) is 5.18. The lowest BCUT2D eigenvalue weighted by molar-refractivity contribution is -0.137. The molecule has 0 saturated heterocycles. The minimum absolute atomic E-state index is 0.364. The first kappa shape index (κ1) is 9.93. The lowest BCUT2D eigenvalue weighted by Crippen LogP contribution is -2.27. The first-order valence-corrected chi connectivity index (χ1v) is 3.15. The Morgan fingerprint density at radius 2 is 2.36 bits per heavy atom. The van der Waals surface area contributed by atoms with E-state index < -0.39 is 12.0 Å². The van der Waals surface area contributed by atoms with E-state index >= 15 is 0 Å². The van der Waals surface area contributed by atoms with Crippen molar-refractivity contribution in [3.05, 3.63) is 12.3 Å². The first-order valence-electron chi connectivity index (χ1n) is 3.15. The molecule has 0 saturated carbocycles. The van der Waals surface area contributed by atoms with Crippen molar-refractivity contribution in [1.29, 1.82) is 0 Å². The van der Waals surface area contributed by atoms with Gasteiger partial charge in [-0.05, 0) is 6.08 Å². The quantitative estimate of drug-likeness (QED) is 0.350. The summed E-state index contributed by atoms with van der Waals surface area (Å²) in [6.45, 7) is 0.759. The fourth-order valence-electron chi connectivity index (χ4n) is 0.359. The smallest absolute Gasteiger partial charge is 0.324 e. The molecule has 0 aromatic heterocycles. The van der Waals surface area contributed by atoms with Gasteiger partial charge in [-0.2, -0.15) is 0 Å². The molecular weight excluding hydrogens is 148 g/mol. The number of hydrogen-bond acceptors (Lipinski definition) is 4. The third kappa shape index (κ3) is 5.38. The second kappa shape index (κ2) is 5.70. The number of nitrogens with two attached hydrogens (primary N) is 2. The maximum Gasteiger partial charge on any atom is 0.324 e. The zero-order valence-electron chi connectivity index (χ0n) is 6.06. The minimum atomic E-state index is -1.09. The highest BCUT2D eigenvalue weighted by Gasteiger charge is 2.05. The average Bonchev–Trinajstić information content (AvgIpc) is 1.97. The molecule has 0 radical (unpaired) electrons. The van der Waals surface area contributed by atoms with Crippen LogP contribution in [-0.2, 0) is 9.53 Å². The van der Waals surface area contributed by atoms with Gasteiger partial charge in [-0.25, -0.2) is 0 Å². The van der Waals surface area contributed by atoms with Crippen molar-refractivity contribution < 1.29 is 14.6 Å². The summed E-state index contributed by atoms with van der Waals surface area (Å²) in [6.07, 6.45) is 2.49. The largest absolute Gasteiger partial charge is 0.500 e. The molecule has 0 spiro atoms. The maximum atomic E-state index is 10.1. The Hall–Kier alpha value is -1.07. The van der Waals surface area contributed by atoms with Gasteiger partial charge in [0.2, 0.25) is 0 Å². The number of hydrogen-bond donors (Lipinski definition) is 3. The van der Waals surface area contributed by atoms with E-state index in [0.29, 0.717) is 13.2 Å². The summed E-state index contributed by atoms with van der Waals surface area (Å²) in [7, 11) is 0. The predicted octanol–water partition coefficient (Wildman–Crippen LogP) is -1.11. The molecule has 5 heteroatoms. The van der Waals surface area contributed by atoms with Gasteiger partial charge in [-0.1, -0.05) is 0 Å². The van der Waals surface area contributed by atoms with E-state index in [1.807, 2.05) is 0 Å². The summed E-state index contributed by atoms with van der Waals surface area (Å²) in [5.41, 5.74) is 10.2. The van der Waals surface area contributed by atoms with Gasteiger partial charge in [-0.3, -0.25) is 4.79 Å². The van der Waals surface area contributed by atoms with Crippen molar-refractivity contribution in [2.75, 3.05) is 13.2 Å². The predicted molar refractivity (Wildman–Crippen MR) is 39.8 cm³/mol. The van der Waals surface area contributed by atoms with Crippen LogP contribution in [0.3, 0.4) is 0 Å². The van der Waals surface area contributed by atoms with Crippen molar-refractivity contribution in [3.8, 4) is 0 Å². The third-order valence-electron chi connectivity index (χ3n) is 0.903. The molecule has 0 bridgehead atoms. The second-order valence-corrected chi connectivity index (χ2v) is 1.85. The number of carbonyl (C=O) groups is 1. The molecule has 5 N–H and O–H groups in total. The van der Waals surface area contributed by atoms with Crippen LogP contribution >= 0.6 is 0 Å². The van der Waals surface area contributed by atoms with Crippen LogP contribution in [0.2, 0.25) is 0 Å². The summed E-state index contributed by atoms with van der Waals surface area (Å²) in [4.78, 5) is 10.1. The fourth-order valence-corrected chi connectivity index (χ4v) is 0.359. The highest BCUT2D eigenvalue weighted by Crippen LogP contribution is 1.83. The monoisotopic (exact) mass is 160 g/mol. The molecule has 1 unspecified atom stereocenters. The van der Waals surface area contributed by atoms with Gasteiger partial charge in [0.1, 0.15) is 6.04 Å². The molecule has 0 aliphatic rings. The standard InChI is InChI=1S/C6H12N2O3/c7-2-4-11-3-1-5(8)6(9)10/h1,3,5H,2,4,7-8H2,(H,9,10). The molecule has 11 heavy (non-hydrogen) atoms. The number of carboxylic acids is 1. The highest BCUT2D eigenvalue weighted by atomic mass is 16.5. The second-order valence-electron chi connectivity index (χ2n) is 1.85. The Morgan fingerprint density at radius 1 is 1.73 bits per heavy atom. The summed E-state index contributed by atoms with van der Waals surface area (Å²) >= 11 is 0. The number of ether oxygens (including phenoxy) is 1. The van der Waals surface area contributed by atoms with Crippen LogP contribution in [0.5, 0.6) is 0 Å². The molecular formula is C6H12N2O3. The highest BCUT2D eigenvalue weighted by molar-refractivity contribution is 5.75. The van der Waals surface area contributed by atoms with E-state index in [9.17, 15) is 4.79 Å². The SMILES string of the molecule is NCCOC=CC(N)C(=O)O. The molecule has 5 nitrogen and oxygen atoms in total. The van der Waals surface area contributed by atoms with E-state index in [2.05, 4.69) is 0 Å². The Labute approximate surface area is 64.6 Å². The van der Waals surface area contributed by atoms with Crippen molar-refractivity contribution >= 4 is 5.97 Å². The molecule has 0 fully saturated rings. The minimum Gasteiger partial charge on any atom is -0.500 e. The van der Waals surface area contributed by atoms with E-state index in [1.165, 1.54) is 12.3 Å². The Morgan fingerprint density at radius 3 is 2.82 bits per heavy atom. The summed E-state index contributed by atoms with van der Waals surface area (Å²) in [5.74, 6) is -1.09. The van der Waals surface area contributed by atoms with Gasteiger partial charge in [-0.15, -0.1) is 0 Å². The normalized spacial score (nSPS) is 13.3. The van der Waals surface area contributed by atoms with Crippen LogP contribution in [0.1, 0.15) is 0 Å². The van der Waals surface area contributed by atoms with Crippen LogP contribution in [0.15, 0.2) is 12.3 Å². The Kier molecular flexibility index (Phi) is 5.14. The molecule has 1 atom stereocenters. The molecule has 0 amide bonds. The van der Waals surface area contributed by atoms with E-state index in [-0.39, 0.29) is 0 Å². The van der Waals surface area contributed by atoms with Crippen LogP contribution < -0.4 is 11.5 Å². The van der Waals surface area contributed by atoms with Crippen LogP contribution in [-0.4, -0.2) is 30.3 Å². The van der Waals surface area contributed by atoms with Gasteiger partial charge in [0.15, 0.2) is 0 Å². The van der Waals surface area contributed by atoms with E-state index in [1.54, 1.807) is 0 Å². The lowest BCUT2D eigenvalue weighted by Gasteiger charge is -1.98. The molecule has 0 heterocycles. The van der Waals surface area contributed by atoms with Gasteiger partial charge in [0.05, 0.1) is 12.9 Å². The summed E-state index contributed by atoms with van der Waals surface area (Å²) in [6, 6.07) is -1.01. The van der Waals surface area contributed by atoms with Gasteiger partial charge >= 0.3 is 5.97 Å². The molecule has 0 aromatic carbocycles. The van der Waals surface area contributed by atoms with E-state index in [4.69, 9.17) is 21.3 Å². The van der Waals surface area contributed by atoms with Crippen LogP contribution in [0, 0.1) is 0 Å². The molecule has 64 valence electrons. The summed E-state index contributed by atoms with van der Waals surface area (Å²) < 4.78 is 4.75. The molecule has 0 aromatic rings. The number of carboxylic acid groups (broad SMARTS) is 1. The average molecular weight is 160 g/mol. The zero-order valence-corrected chi connectivity index (χ0v) is 6.06. The van der Waals surface area contributed by atoms with Crippen molar-refractivity contribution in [2.45, 2.75) is 6.04 Å². The van der Waals surface area contributed by atoms with Crippen molar-refractivity contribution in [3.63, 3.8) is 0 Å². The van der Waals surface area contributed by atoms with E-state index in [0.717, 1.165) is 0 Å². The van der Waals surface area contributed by atoms with Gasteiger partial charge < -0.3 is 21.3 Å². The van der Waals surface area contributed by atoms with Crippen LogP contribution in [0.4, 0.5) is 0 Å². The Bertz CT molecular complexity index is 147. The number of rotatable bonds is 5. The fraction of sp³-hybridized carbons (Fsp3) is 0.500.